The van der Waals surface area contributed by atoms with E-state index in [2.05, 4.69) is 30.7 Å². The molecule has 104 valence electrons. The minimum Gasteiger partial charge on any atom is -0.481 e. The van der Waals surface area contributed by atoms with E-state index in [1.54, 1.807) is 12.4 Å². The van der Waals surface area contributed by atoms with E-state index in [4.69, 9.17) is 0 Å². The minimum atomic E-state index is -0.693. The Morgan fingerprint density at radius 2 is 1.89 bits per heavy atom. The Bertz CT molecular complexity index is 439. The van der Waals surface area contributed by atoms with E-state index in [9.17, 15) is 9.90 Å². The van der Waals surface area contributed by atoms with Gasteiger partial charge in [0.1, 0.15) is 6.33 Å². The predicted molar refractivity (Wildman–Crippen MR) is 72.7 cm³/mol. The van der Waals surface area contributed by atoms with Gasteiger partial charge in [-0.25, -0.2) is 9.97 Å². The van der Waals surface area contributed by atoms with Gasteiger partial charge in [0.15, 0.2) is 0 Å². The first-order chi connectivity index (χ1) is 8.89. The summed E-state index contributed by atoms with van der Waals surface area (Å²) in [6, 6.07) is 0. The Hall–Kier alpha value is -1.45. The van der Waals surface area contributed by atoms with Gasteiger partial charge >= 0.3 is 5.97 Å². The van der Waals surface area contributed by atoms with Crippen LogP contribution in [-0.4, -0.2) is 21.0 Å². The Balaban J connectivity index is 2.26. The summed E-state index contributed by atoms with van der Waals surface area (Å²) in [4.78, 5) is 19.5. The summed E-state index contributed by atoms with van der Waals surface area (Å²) in [5.41, 5.74) is 1.18. The maximum Gasteiger partial charge on any atom is 0.307 e. The highest BCUT2D eigenvalue weighted by Crippen LogP contribution is 2.46. The SMILES string of the molecule is CC(C)(C)C1CCC(C(=O)O)C(c2cncnc2)C1. The second-order valence-electron chi connectivity index (χ2n) is 6.60. The van der Waals surface area contributed by atoms with Crippen LogP contribution in [0.1, 0.15) is 51.5 Å². The first-order valence-corrected chi connectivity index (χ1v) is 6.87. The highest BCUT2D eigenvalue weighted by atomic mass is 16.4. The maximum absolute atomic E-state index is 11.5. The maximum atomic E-state index is 11.5. The summed E-state index contributed by atoms with van der Waals surface area (Å²) in [6.45, 7) is 6.70. The van der Waals surface area contributed by atoms with Crippen molar-refractivity contribution < 1.29 is 9.90 Å². The van der Waals surface area contributed by atoms with Crippen molar-refractivity contribution in [3.05, 3.63) is 24.3 Å². The van der Waals surface area contributed by atoms with Crippen molar-refractivity contribution in [1.29, 1.82) is 0 Å². The molecule has 1 aliphatic carbocycles. The fourth-order valence-electron chi connectivity index (χ4n) is 3.12. The summed E-state index contributed by atoms with van der Waals surface area (Å²) in [5.74, 6) is -0.407. The van der Waals surface area contributed by atoms with Gasteiger partial charge in [0.2, 0.25) is 0 Å². The molecule has 4 nitrogen and oxygen atoms in total. The van der Waals surface area contributed by atoms with Gasteiger partial charge in [-0.2, -0.15) is 0 Å². The van der Waals surface area contributed by atoms with Gasteiger partial charge in [0, 0.05) is 18.3 Å². The van der Waals surface area contributed by atoms with Gasteiger partial charge in [-0.3, -0.25) is 4.79 Å². The van der Waals surface area contributed by atoms with E-state index in [-0.39, 0.29) is 17.3 Å². The summed E-state index contributed by atoms with van der Waals surface area (Å²) < 4.78 is 0. The monoisotopic (exact) mass is 262 g/mol. The van der Waals surface area contributed by atoms with Crippen molar-refractivity contribution in [3.8, 4) is 0 Å². The molecule has 1 aromatic rings. The minimum absolute atomic E-state index is 0.0386. The lowest BCUT2D eigenvalue weighted by Crippen LogP contribution is -2.34. The topological polar surface area (TPSA) is 63.1 Å². The number of nitrogens with zero attached hydrogens (tertiary/aromatic N) is 2. The highest BCUT2D eigenvalue weighted by Gasteiger charge is 2.39. The zero-order valence-electron chi connectivity index (χ0n) is 11.8. The fourth-order valence-corrected chi connectivity index (χ4v) is 3.12. The molecule has 1 N–H and O–H groups in total. The standard InChI is InChI=1S/C15H22N2O2/c1-15(2,3)11-4-5-12(14(18)19)13(6-11)10-7-16-9-17-8-10/h7-9,11-13H,4-6H2,1-3H3,(H,18,19). The third kappa shape index (κ3) is 3.11. The van der Waals surface area contributed by atoms with Crippen molar-refractivity contribution >= 4 is 5.97 Å². The Labute approximate surface area is 114 Å². The van der Waals surface area contributed by atoms with Gasteiger partial charge in [0.25, 0.3) is 0 Å². The number of hydrogen-bond donors (Lipinski definition) is 1. The van der Waals surface area contributed by atoms with Crippen LogP contribution in [0.5, 0.6) is 0 Å². The van der Waals surface area contributed by atoms with Crippen molar-refractivity contribution in [2.45, 2.75) is 46.0 Å². The molecule has 3 unspecified atom stereocenters. The fraction of sp³-hybridized carbons (Fsp3) is 0.667. The van der Waals surface area contributed by atoms with Gasteiger partial charge in [-0.05, 0) is 36.2 Å². The molecule has 0 amide bonds. The predicted octanol–water partition coefficient (Wildman–Crippen LogP) is 3.11. The van der Waals surface area contributed by atoms with Crippen LogP contribution in [0.15, 0.2) is 18.7 Å². The highest BCUT2D eigenvalue weighted by molar-refractivity contribution is 5.71. The van der Waals surface area contributed by atoms with E-state index in [0.717, 1.165) is 24.8 Å². The van der Waals surface area contributed by atoms with Gasteiger partial charge < -0.3 is 5.11 Å². The van der Waals surface area contributed by atoms with Crippen molar-refractivity contribution in [2.75, 3.05) is 0 Å². The van der Waals surface area contributed by atoms with Crippen LogP contribution in [0.4, 0.5) is 0 Å². The van der Waals surface area contributed by atoms with E-state index in [1.807, 2.05) is 0 Å². The van der Waals surface area contributed by atoms with E-state index < -0.39 is 5.97 Å². The lowest BCUT2D eigenvalue weighted by molar-refractivity contribution is -0.144. The first-order valence-electron chi connectivity index (χ1n) is 6.87. The molecule has 1 aliphatic rings. The second kappa shape index (κ2) is 5.27. The molecule has 0 aliphatic heterocycles. The molecule has 0 bridgehead atoms. The molecule has 1 heterocycles. The molecule has 3 atom stereocenters. The molecule has 19 heavy (non-hydrogen) atoms. The molecule has 1 aromatic heterocycles. The summed E-state index contributed by atoms with van der Waals surface area (Å²) in [6.07, 6.45) is 7.66. The molecule has 4 heteroatoms. The van der Waals surface area contributed by atoms with Crippen LogP contribution >= 0.6 is 0 Å². The molecule has 0 saturated heterocycles. The summed E-state index contributed by atoms with van der Waals surface area (Å²) in [5, 5.41) is 9.42. The van der Waals surface area contributed by atoms with Gasteiger partial charge in [-0.15, -0.1) is 0 Å². The van der Waals surface area contributed by atoms with Crippen LogP contribution in [0.25, 0.3) is 0 Å². The zero-order valence-corrected chi connectivity index (χ0v) is 11.8. The molecule has 0 aromatic carbocycles. The normalized spacial score (nSPS) is 28.1. The van der Waals surface area contributed by atoms with Crippen molar-refractivity contribution in [3.63, 3.8) is 0 Å². The summed E-state index contributed by atoms with van der Waals surface area (Å²) >= 11 is 0. The van der Waals surface area contributed by atoms with Crippen LogP contribution in [0, 0.1) is 17.3 Å². The Morgan fingerprint density at radius 3 is 2.42 bits per heavy atom. The molecule has 0 radical (unpaired) electrons. The van der Waals surface area contributed by atoms with Crippen LogP contribution in [0.2, 0.25) is 0 Å². The Kier molecular flexibility index (Phi) is 3.88. The van der Waals surface area contributed by atoms with E-state index in [0.29, 0.717) is 5.92 Å². The third-order valence-electron chi connectivity index (χ3n) is 4.40. The first kappa shape index (κ1) is 14.0. The average Bonchev–Trinajstić information content (AvgIpc) is 2.38. The molecular weight excluding hydrogens is 240 g/mol. The van der Waals surface area contributed by atoms with E-state index in [1.165, 1.54) is 6.33 Å². The van der Waals surface area contributed by atoms with Crippen molar-refractivity contribution in [1.82, 2.24) is 9.97 Å². The summed E-state index contributed by atoms with van der Waals surface area (Å²) in [7, 11) is 0. The number of aliphatic carboxylic acids is 1. The molecule has 1 fully saturated rings. The number of aromatic nitrogens is 2. The van der Waals surface area contributed by atoms with Gasteiger partial charge in [-0.1, -0.05) is 20.8 Å². The van der Waals surface area contributed by atoms with Crippen LogP contribution < -0.4 is 0 Å². The molecular formula is C15H22N2O2. The lowest BCUT2D eigenvalue weighted by Gasteiger charge is -2.40. The molecule has 1 saturated carbocycles. The van der Waals surface area contributed by atoms with Gasteiger partial charge in [0.05, 0.1) is 5.92 Å². The largest absolute Gasteiger partial charge is 0.481 e. The number of carboxylic acid groups (broad SMARTS) is 1. The molecule has 2 rings (SSSR count). The average molecular weight is 262 g/mol. The second-order valence-corrected chi connectivity index (χ2v) is 6.60. The lowest BCUT2D eigenvalue weighted by atomic mass is 9.64. The number of hydrogen-bond acceptors (Lipinski definition) is 3. The van der Waals surface area contributed by atoms with E-state index >= 15 is 0 Å². The number of carbonyl (C=O) groups is 1. The number of carboxylic acids is 1. The van der Waals surface area contributed by atoms with Crippen molar-refractivity contribution in [2.24, 2.45) is 17.3 Å². The van der Waals surface area contributed by atoms with Crippen LogP contribution in [-0.2, 0) is 4.79 Å². The quantitative estimate of drug-likeness (QED) is 0.889. The smallest absolute Gasteiger partial charge is 0.307 e. The molecule has 0 spiro atoms. The third-order valence-corrected chi connectivity index (χ3v) is 4.40. The van der Waals surface area contributed by atoms with Crippen LogP contribution in [0.3, 0.4) is 0 Å². The Morgan fingerprint density at radius 1 is 1.26 bits per heavy atom. The zero-order chi connectivity index (χ0) is 14.0. The number of rotatable bonds is 2.